The van der Waals surface area contributed by atoms with E-state index in [-0.39, 0.29) is 23.8 Å². The summed E-state index contributed by atoms with van der Waals surface area (Å²) in [4.78, 5) is 0. The Morgan fingerprint density at radius 2 is 1.75 bits per heavy atom. The predicted molar refractivity (Wildman–Crippen MR) is 69.8 cm³/mol. The highest BCUT2D eigenvalue weighted by molar-refractivity contribution is 5.85. The summed E-state index contributed by atoms with van der Waals surface area (Å²) in [6, 6.07) is 6.82. The molecule has 1 aromatic rings. The lowest BCUT2D eigenvalue weighted by Crippen LogP contribution is -2.42. The Kier molecular flexibility index (Phi) is 5.98. The molecule has 1 unspecified atom stereocenters. The molecule has 0 saturated carbocycles. The lowest BCUT2D eigenvalue weighted by molar-refractivity contribution is 0.335. The van der Waals surface area contributed by atoms with Gasteiger partial charge >= 0.3 is 0 Å². The average Bonchev–Trinajstić information content (AvgIpc) is 2.22. The van der Waals surface area contributed by atoms with Gasteiger partial charge in [-0.25, -0.2) is 4.39 Å². The van der Waals surface area contributed by atoms with Gasteiger partial charge in [0.15, 0.2) is 0 Å². The van der Waals surface area contributed by atoms with Crippen molar-refractivity contribution in [1.29, 1.82) is 0 Å². The standard InChI is InChI=1S/C13H20FN.ClH/c1-5-12(13(2,3)15-4)10-6-8-11(14)9-7-10;/h6-9,12,15H,5H2,1-4H3;1H. The van der Waals surface area contributed by atoms with E-state index in [2.05, 4.69) is 26.1 Å². The number of hydrogen-bond acceptors (Lipinski definition) is 1. The summed E-state index contributed by atoms with van der Waals surface area (Å²) in [6.07, 6.45) is 1.04. The molecule has 0 fully saturated rings. The van der Waals surface area contributed by atoms with Crippen LogP contribution in [-0.2, 0) is 0 Å². The van der Waals surface area contributed by atoms with Gasteiger partial charge in [0.2, 0.25) is 0 Å². The molecule has 0 amide bonds. The SMILES string of the molecule is CCC(c1ccc(F)cc1)C(C)(C)NC.Cl. The van der Waals surface area contributed by atoms with Crippen LogP contribution in [0.15, 0.2) is 24.3 Å². The van der Waals surface area contributed by atoms with Crippen molar-refractivity contribution in [2.45, 2.75) is 38.6 Å². The highest BCUT2D eigenvalue weighted by Gasteiger charge is 2.27. The molecule has 3 heteroatoms. The van der Waals surface area contributed by atoms with Crippen molar-refractivity contribution < 1.29 is 4.39 Å². The van der Waals surface area contributed by atoms with Gasteiger partial charge in [0.05, 0.1) is 0 Å². The molecule has 0 aliphatic rings. The van der Waals surface area contributed by atoms with Crippen molar-refractivity contribution in [3.63, 3.8) is 0 Å². The maximum Gasteiger partial charge on any atom is 0.123 e. The van der Waals surface area contributed by atoms with Gasteiger partial charge in [-0.15, -0.1) is 12.4 Å². The molecule has 1 N–H and O–H groups in total. The second-order valence-corrected chi connectivity index (χ2v) is 4.48. The Bertz CT molecular complexity index is 308. The van der Waals surface area contributed by atoms with E-state index < -0.39 is 0 Å². The van der Waals surface area contributed by atoms with Crippen LogP contribution >= 0.6 is 12.4 Å². The van der Waals surface area contributed by atoms with E-state index >= 15 is 0 Å². The molecule has 1 aromatic carbocycles. The van der Waals surface area contributed by atoms with E-state index in [9.17, 15) is 4.39 Å². The molecule has 0 bridgehead atoms. The van der Waals surface area contributed by atoms with Crippen LogP contribution < -0.4 is 5.32 Å². The van der Waals surface area contributed by atoms with Gasteiger partial charge in [0, 0.05) is 11.5 Å². The van der Waals surface area contributed by atoms with Gasteiger partial charge in [0.1, 0.15) is 5.82 Å². The van der Waals surface area contributed by atoms with Gasteiger partial charge in [-0.3, -0.25) is 0 Å². The van der Waals surface area contributed by atoms with Crippen LogP contribution in [0.1, 0.15) is 38.7 Å². The highest BCUT2D eigenvalue weighted by atomic mass is 35.5. The third-order valence-corrected chi connectivity index (χ3v) is 3.20. The Hall–Kier alpha value is -0.600. The molecule has 92 valence electrons. The summed E-state index contributed by atoms with van der Waals surface area (Å²) in [7, 11) is 1.96. The monoisotopic (exact) mass is 245 g/mol. The predicted octanol–water partition coefficient (Wildman–Crippen LogP) is 3.74. The Morgan fingerprint density at radius 1 is 1.25 bits per heavy atom. The van der Waals surface area contributed by atoms with Crippen LogP contribution in [0.4, 0.5) is 4.39 Å². The number of nitrogens with one attached hydrogen (secondary N) is 1. The lowest BCUT2D eigenvalue weighted by Gasteiger charge is -2.34. The molecule has 1 rings (SSSR count). The number of benzene rings is 1. The third-order valence-electron chi connectivity index (χ3n) is 3.20. The molecule has 0 heterocycles. The fourth-order valence-corrected chi connectivity index (χ4v) is 2.03. The van der Waals surface area contributed by atoms with Crippen LogP contribution in [0.5, 0.6) is 0 Å². The maximum atomic E-state index is 12.8. The second kappa shape index (κ2) is 6.21. The lowest BCUT2D eigenvalue weighted by atomic mass is 9.80. The third kappa shape index (κ3) is 3.46. The van der Waals surface area contributed by atoms with Crippen LogP contribution in [0.25, 0.3) is 0 Å². The van der Waals surface area contributed by atoms with Gasteiger partial charge in [-0.1, -0.05) is 19.1 Å². The topological polar surface area (TPSA) is 12.0 Å². The normalized spacial score (nSPS) is 13.1. The van der Waals surface area contributed by atoms with Crippen molar-refractivity contribution in [2.24, 2.45) is 0 Å². The molecule has 0 aromatic heterocycles. The molecule has 16 heavy (non-hydrogen) atoms. The minimum atomic E-state index is -0.170. The zero-order valence-electron chi connectivity index (χ0n) is 10.4. The van der Waals surface area contributed by atoms with Crippen LogP contribution in [0.2, 0.25) is 0 Å². The second-order valence-electron chi connectivity index (χ2n) is 4.48. The first-order chi connectivity index (χ1) is 7.01. The van der Waals surface area contributed by atoms with Crippen molar-refractivity contribution in [2.75, 3.05) is 7.05 Å². The number of halogens is 2. The molecule has 1 atom stereocenters. The van der Waals surface area contributed by atoms with Gasteiger partial charge < -0.3 is 5.32 Å². The Morgan fingerprint density at radius 3 is 2.12 bits per heavy atom. The molecular weight excluding hydrogens is 225 g/mol. The first-order valence-electron chi connectivity index (χ1n) is 5.45. The van der Waals surface area contributed by atoms with Crippen LogP contribution in [0.3, 0.4) is 0 Å². The highest BCUT2D eigenvalue weighted by Crippen LogP contribution is 2.30. The van der Waals surface area contributed by atoms with Crippen molar-refractivity contribution in [3.8, 4) is 0 Å². The molecule has 1 nitrogen and oxygen atoms in total. The minimum absolute atomic E-state index is 0. The molecule has 0 saturated heterocycles. The fraction of sp³-hybridized carbons (Fsp3) is 0.538. The zero-order valence-corrected chi connectivity index (χ0v) is 11.2. The number of rotatable bonds is 4. The fourth-order valence-electron chi connectivity index (χ4n) is 2.03. The molecule has 0 aliphatic carbocycles. The first kappa shape index (κ1) is 15.4. The van der Waals surface area contributed by atoms with Gasteiger partial charge in [-0.2, -0.15) is 0 Å². The molecule has 0 spiro atoms. The quantitative estimate of drug-likeness (QED) is 0.852. The van der Waals surface area contributed by atoms with Crippen LogP contribution in [0, 0.1) is 5.82 Å². The molecular formula is C13H21ClFN. The summed E-state index contributed by atoms with van der Waals surface area (Å²) >= 11 is 0. The van der Waals surface area contributed by atoms with Crippen molar-refractivity contribution in [1.82, 2.24) is 5.32 Å². The van der Waals surface area contributed by atoms with Gasteiger partial charge in [0.25, 0.3) is 0 Å². The van der Waals surface area contributed by atoms with E-state index in [0.717, 1.165) is 6.42 Å². The van der Waals surface area contributed by atoms with E-state index in [0.29, 0.717) is 5.92 Å². The van der Waals surface area contributed by atoms with Gasteiger partial charge in [-0.05, 0) is 45.0 Å². The largest absolute Gasteiger partial charge is 0.314 e. The summed E-state index contributed by atoms with van der Waals surface area (Å²) in [6.45, 7) is 6.50. The average molecular weight is 246 g/mol. The first-order valence-corrected chi connectivity index (χ1v) is 5.45. The summed E-state index contributed by atoms with van der Waals surface area (Å²) < 4.78 is 12.8. The summed E-state index contributed by atoms with van der Waals surface area (Å²) in [5.41, 5.74) is 1.23. The summed E-state index contributed by atoms with van der Waals surface area (Å²) in [5, 5.41) is 3.31. The van der Waals surface area contributed by atoms with E-state index in [1.165, 1.54) is 17.7 Å². The van der Waals surface area contributed by atoms with Crippen molar-refractivity contribution in [3.05, 3.63) is 35.6 Å². The van der Waals surface area contributed by atoms with Crippen molar-refractivity contribution >= 4 is 12.4 Å². The number of likely N-dealkylation sites (N-methyl/N-ethyl adjacent to an activating group) is 1. The van der Waals surface area contributed by atoms with Crippen LogP contribution in [-0.4, -0.2) is 12.6 Å². The minimum Gasteiger partial charge on any atom is -0.314 e. The Labute approximate surface area is 104 Å². The molecule has 0 radical (unpaired) electrons. The van der Waals surface area contributed by atoms with E-state index in [4.69, 9.17) is 0 Å². The maximum absolute atomic E-state index is 12.8. The van der Waals surface area contributed by atoms with E-state index in [1.807, 2.05) is 19.2 Å². The molecule has 0 aliphatic heterocycles. The Balaban J connectivity index is 0.00000225. The zero-order chi connectivity index (χ0) is 11.5. The smallest absolute Gasteiger partial charge is 0.123 e. The summed E-state index contributed by atoms with van der Waals surface area (Å²) in [5.74, 6) is 0.235. The van der Waals surface area contributed by atoms with E-state index in [1.54, 1.807) is 0 Å². The number of hydrogen-bond donors (Lipinski definition) is 1.